The molecular weight excluding hydrogens is 356 g/mol. The molecule has 6 nitrogen and oxygen atoms in total. The number of H-pyrrole nitrogens is 1. The third-order valence-electron chi connectivity index (χ3n) is 4.35. The van der Waals surface area contributed by atoms with E-state index in [4.69, 9.17) is 9.52 Å². The Bertz CT molecular complexity index is 1310. The van der Waals surface area contributed by atoms with Gasteiger partial charge in [0.1, 0.15) is 11.5 Å². The van der Waals surface area contributed by atoms with Crippen molar-refractivity contribution in [3.63, 3.8) is 0 Å². The lowest BCUT2D eigenvalue weighted by Crippen LogP contribution is -2.33. The molecule has 0 atom stereocenters. The molecule has 0 saturated carbocycles. The highest BCUT2D eigenvalue weighted by Gasteiger charge is 2.08. The SMILES string of the molecule is C=c1[nH]n(-c2ccc(C(=O)O)cc2)c(=O)/c1=C\c1ccc(-c2ccccc2)o1. The van der Waals surface area contributed by atoms with Gasteiger partial charge in [0, 0.05) is 5.56 Å². The number of hydrogen-bond donors (Lipinski definition) is 2. The van der Waals surface area contributed by atoms with Crippen molar-refractivity contribution < 1.29 is 14.3 Å². The number of carboxylic acid groups (broad SMARTS) is 1. The van der Waals surface area contributed by atoms with Gasteiger partial charge in [0.15, 0.2) is 0 Å². The van der Waals surface area contributed by atoms with Crippen LogP contribution in [0.5, 0.6) is 0 Å². The molecule has 0 aliphatic rings. The van der Waals surface area contributed by atoms with Crippen molar-refractivity contribution in [2.24, 2.45) is 0 Å². The van der Waals surface area contributed by atoms with Gasteiger partial charge in [-0.2, -0.15) is 0 Å². The van der Waals surface area contributed by atoms with Gasteiger partial charge in [-0.1, -0.05) is 36.9 Å². The van der Waals surface area contributed by atoms with Crippen LogP contribution < -0.4 is 16.1 Å². The number of aromatic amines is 1. The molecule has 0 spiro atoms. The summed E-state index contributed by atoms with van der Waals surface area (Å²) >= 11 is 0. The Balaban J connectivity index is 1.74. The average Bonchev–Trinajstić information content (AvgIpc) is 3.29. The molecule has 6 heteroatoms. The highest BCUT2D eigenvalue weighted by molar-refractivity contribution is 5.87. The third-order valence-corrected chi connectivity index (χ3v) is 4.35. The third kappa shape index (κ3) is 3.19. The number of benzene rings is 2. The molecule has 0 saturated heterocycles. The lowest BCUT2D eigenvalue weighted by atomic mass is 10.2. The van der Waals surface area contributed by atoms with Crippen LogP contribution in [0.2, 0.25) is 0 Å². The van der Waals surface area contributed by atoms with Crippen molar-refractivity contribution >= 4 is 18.6 Å². The van der Waals surface area contributed by atoms with Gasteiger partial charge >= 0.3 is 5.97 Å². The molecule has 0 aliphatic heterocycles. The zero-order valence-electron chi connectivity index (χ0n) is 14.8. The maximum absolute atomic E-state index is 12.8. The summed E-state index contributed by atoms with van der Waals surface area (Å²) in [6.07, 6.45) is 1.63. The van der Waals surface area contributed by atoms with Crippen LogP contribution in [0.1, 0.15) is 16.1 Å². The fourth-order valence-corrected chi connectivity index (χ4v) is 2.91. The minimum atomic E-state index is -1.02. The average molecular weight is 372 g/mol. The summed E-state index contributed by atoms with van der Waals surface area (Å²) in [5, 5.41) is 12.7. The Labute approximate surface area is 159 Å². The molecule has 138 valence electrons. The highest BCUT2D eigenvalue weighted by atomic mass is 16.4. The number of nitrogens with zero attached hydrogens (tertiary/aromatic N) is 1. The maximum atomic E-state index is 12.8. The van der Waals surface area contributed by atoms with Gasteiger partial charge in [-0.3, -0.25) is 9.89 Å². The minimum Gasteiger partial charge on any atom is -0.478 e. The summed E-state index contributed by atoms with van der Waals surface area (Å²) < 4.78 is 7.15. The molecule has 2 aromatic heterocycles. The number of hydrogen-bond acceptors (Lipinski definition) is 3. The Morgan fingerprint density at radius 1 is 1.04 bits per heavy atom. The fourth-order valence-electron chi connectivity index (χ4n) is 2.91. The first-order valence-electron chi connectivity index (χ1n) is 8.53. The first kappa shape index (κ1) is 17.4. The molecule has 0 bridgehead atoms. The second-order valence-electron chi connectivity index (χ2n) is 6.21. The topological polar surface area (TPSA) is 88.2 Å². The summed E-state index contributed by atoms with van der Waals surface area (Å²) in [4.78, 5) is 23.8. The van der Waals surface area contributed by atoms with Crippen molar-refractivity contribution in [3.8, 4) is 17.0 Å². The van der Waals surface area contributed by atoms with E-state index < -0.39 is 5.97 Å². The van der Waals surface area contributed by atoms with Crippen LogP contribution in [0.3, 0.4) is 0 Å². The Morgan fingerprint density at radius 3 is 2.43 bits per heavy atom. The standard InChI is InChI=1S/C22H16N2O4/c1-14-19(13-18-11-12-20(28-18)15-5-3-2-4-6-15)21(25)24(23-14)17-9-7-16(8-10-17)22(26)27/h2-13,23H,1H2,(H,26,27)/b19-13-. The van der Waals surface area contributed by atoms with Gasteiger partial charge in [0.2, 0.25) is 0 Å². The van der Waals surface area contributed by atoms with E-state index in [1.807, 2.05) is 36.4 Å². The van der Waals surface area contributed by atoms with Crippen molar-refractivity contribution in [1.82, 2.24) is 9.78 Å². The molecule has 0 amide bonds. The van der Waals surface area contributed by atoms with E-state index in [-0.39, 0.29) is 11.1 Å². The molecule has 2 aromatic carbocycles. The van der Waals surface area contributed by atoms with E-state index in [1.54, 1.807) is 24.3 Å². The molecule has 0 unspecified atom stereocenters. The Morgan fingerprint density at radius 2 is 1.75 bits per heavy atom. The number of rotatable bonds is 4. The monoisotopic (exact) mass is 372 g/mol. The van der Waals surface area contributed by atoms with Gasteiger partial charge in [0.25, 0.3) is 5.56 Å². The van der Waals surface area contributed by atoms with Gasteiger partial charge in [-0.25, -0.2) is 9.48 Å². The summed E-state index contributed by atoms with van der Waals surface area (Å²) in [6.45, 7) is 3.89. The van der Waals surface area contributed by atoms with Crippen molar-refractivity contribution in [2.45, 2.75) is 0 Å². The maximum Gasteiger partial charge on any atom is 0.335 e. The van der Waals surface area contributed by atoms with Crippen LogP contribution in [-0.2, 0) is 0 Å². The van der Waals surface area contributed by atoms with E-state index in [0.717, 1.165) is 5.56 Å². The van der Waals surface area contributed by atoms with Crippen LogP contribution in [0.25, 0.3) is 29.7 Å². The summed E-state index contributed by atoms with van der Waals surface area (Å²) in [5.41, 5.74) is 1.31. The Hall–Kier alpha value is -4.06. The molecule has 4 aromatic rings. The van der Waals surface area contributed by atoms with E-state index in [9.17, 15) is 9.59 Å². The lowest BCUT2D eigenvalue weighted by molar-refractivity contribution is 0.0697. The minimum absolute atomic E-state index is 0.147. The molecule has 2 N–H and O–H groups in total. The van der Waals surface area contributed by atoms with Crippen molar-refractivity contribution in [2.75, 3.05) is 0 Å². The zero-order valence-corrected chi connectivity index (χ0v) is 14.8. The predicted octanol–water partition coefficient (Wildman–Crippen LogP) is 2.36. The van der Waals surface area contributed by atoms with E-state index in [2.05, 4.69) is 11.7 Å². The fraction of sp³-hybridized carbons (Fsp3) is 0. The van der Waals surface area contributed by atoms with Crippen molar-refractivity contribution in [1.29, 1.82) is 0 Å². The second kappa shape index (κ2) is 6.92. The number of furan rings is 1. The number of aromatic carboxylic acids is 1. The van der Waals surface area contributed by atoms with Gasteiger partial charge < -0.3 is 9.52 Å². The van der Waals surface area contributed by atoms with E-state index in [0.29, 0.717) is 27.8 Å². The summed E-state index contributed by atoms with van der Waals surface area (Å²) in [7, 11) is 0. The first-order valence-corrected chi connectivity index (χ1v) is 8.53. The Kier molecular flexibility index (Phi) is 4.29. The van der Waals surface area contributed by atoms with Crippen LogP contribution in [0, 0.1) is 0 Å². The van der Waals surface area contributed by atoms with Gasteiger partial charge in [-0.05, 0) is 42.5 Å². The van der Waals surface area contributed by atoms with E-state index >= 15 is 0 Å². The van der Waals surface area contributed by atoms with Crippen LogP contribution in [0.4, 0.5) is 0 Å². The molecule has 0 radical (unpaired) electrons. The van der Waals surface area contributed by atoms with Gasteiger partial charge in [0.05, 0.1) is 21.8 Å². The predicted molar refractivity (Wildman–Crippen MR) is 106 cm³/mol. The number of carbonyl (C=O) groups is 1. The molecule has 0 aliphatic carbocycles. The number of carboxylic acids is 1. The van der Waals surface area contributed by atoms with Crippen LogP contribution in [0.15, 0.2) is 75.9 Å². The van der Waals surface area contributed by atoms with Crippen molar-refractivity contribution in [3.05, 3.63) is 99.0 Å². The zero-order chi connectivity index (χ0) is 19.7. The van der Waals surface area contributed by atoms with E-state index in [1.165, 1.54) is 16.8 Å². The highest BCUT2D eigenvalue weighted by Crippen LogP contribution is 2.21. The largest absolute Gasteiger partial charge is 0.478 e. The van der Waals surface area contributed by atoms with Gasteiger partial charge in [-0.15, -0.1) is 0 Å². The quantitative estimate of drug-likeness (QED) is 0.576. The molecule has 0 fully saturated rings. The number of nitrogens with one attached hydrogen (secondary N) is 1. The second-order valence-corrected chi connectivity index (χ2v) is 6.21. The normalized spacial score (nSPS) is 11.6. The molecule has 4 rings (SSSR count). The first-order chi connectivity index (χ1) is 13.5. The summed E-state index contributed by atoms with van der Waals surface area (Å²) in [6, 6.07) is 19.3. The van der Waals surface area contributed by atoms with Crippen LogP contribution in [-0.4, -0.2) is 20.9 Å². The number of aromatic nitrogens is 2. The molecule has 2 heterocycles. The smallest absolute Gasteiger partial charge is 0.335 e. The lowest BCUT2D eigenvalue weighted by Gasteiger charge is -2.01. The molecular formula is C22H16N2O4. The van der Waals surface area contributed by atoms with Crippen LogP contribution >= 0.6 is 0 Å². The molecule has 28 heavy (non-hydrogen) atoms. The summed E-state index contributed by atoms with van der Waals surface area (Å²) in [5.74, 6) is 0.218.